The van der Waals surface area contributed by atoms with E-state index in [1.165, 1.54) is 4.88 Å². The van der Waals surface area contributed by atoms with Gasteiger partial charge in [0, 0.05) is 30.3 Å². The molecule has 1 atom stereocenters. The van der Waals surface area contributed by atoms with Crippen molar-refractivity contribution < 1.29 is 9.59 Å². The lowest BCUT2D eigenvalue weighted by molar-refractivity contribution is -0.126. The first-order valence-electron chi connectivity index (χ1n) is 7.01. The minimum absolute atomic E-state index is 0.121. The minimum Gasteiger partial charge on any atom is -0.299 e. The molecule has 1 saturated heterocycles. The van der Waals surface area contributed by atoms with E-state index in [0.717, 1.165) is 30.8 Å². The van der Waals surface area contributed by atoms with Gasteiger partial charge in [-0.05, 0) is 25.0 Å². The Kier molecular flexibility index (Phi) is 4.88. The Morgan fingerprint density at radius 2 is 2.21 bits per heavy atom. The monoisotopic (exact) mass is 279 g/mol. The second-order valence-corrected chi connectivity index (χ2v) is 6.27. The smallest absolute Gasteiger partial charge is 0.186 e. The van der Waals surface area contributed by atoms with Crippen molar-refractivity contribution in [3.63, 3.8) is 0 Å². The number of likely N-dealkylation sites (tertiary alicyclic amines) is 1. The van der Waals surface area contributed by atoms with Crippen LogP contribution in [0.4, 0.5) is 0 Å². The first kappa shape index (κ1) is 14.4. The molecule has 3 nitrogen and oxygen atoms in total. The topological polar surface area (TPSA) is 37.4 Å². The molecule has 0 spiro atoms. The molecule has 0 aliphatic carbocycles. The fraction of sp³-hybridized carbons (Fsp3) is 0.600. The standard InChI is InChI=1S/C15H21NO2S/c1-3-11-9-16(8-7-13(11)17)10-14(18)15-6-5-12(4-2)19-15/h5-6,11H,3-4,7-10H2,1-2H3. The third-order valence-corrected chi connectivity index (χ3v) is 5.02. The molecule has 1 aliphatic heterocycles. The number of carbonyl (C=O) groups excluding carboxylic acids is 2. The Labute approximate surface area is 118 Å². The molecule has 2 rings (SSSR count). The molecule has 0 N–H and O–H groups in total. The Balaban J connectivity index is 1.93. The van der Waals surface area contributed by atoms with Gasteiger partial charge in [0.15, 0.2) is 5.78 Å². The SMILES string of the molecule is CCc1ccc(C(=O)CN2CCC(=O)C(CC)C2)s1. The number of hydrogen-bond acceptors (Lipinski definition) is 4. The molecule has 1 aromatic heterocycles. The predicted molar refractivity (Wildman–Crippen MR) is 77.9 cm³/mol. The maximum atomic E-state index is 12.2. The van der Waals surface area contributed by atoms with Gasteiger partial charge in [0.2, 0.25) is 0 Å². The van der Waals surface area contributed by atoms with Crippen LogP contribution in [-0.2, 0) is 11.2 Å². The van der Waals surface area contributed by atoms with Gasteiger partial charge < -0.3 is 0 Å². The van der Waals surface area contributed by atoms with Crippen molar-refractivity contribution >= 4 is 22.9 Å². The second kappa shape index (κ2) is 6.44. The van der Waals surface area contributed by atoms with Crippen LogP contribution in [0, 0.1) is 5.92 Å². The number of thiophene rings is 1. The van der Waals surface area contributed by atoms with Crippen LogP contribution in [-0.4, -0.2) is 36.1 Å². The van der Waals surface area contributed by atoms with Crippen molar-refractivity contribution in [2.24, 2.45) is 5.92 Å². The molecule has 0 amide bonds. The third-order valence-electron chi connectivity index (χ3n) is 3.75. The van der Waals surface area contributed by atoms with E-state index in [0.29, 0.717) is 18.7 Å². The highest BCUT2D eigenvalue weighted by atomic mass is 32.1. The maximum Gasteiger partial charge on any atom is 0.186 e. The molecule has 19 heavy (non-hydrogen) atoms. The van der Waals surface area contributed by atoms with Crippen LogP contribution >= 0.6 is 11.3 Å². The molecule has 4 heteroatoms. The Bertz CT molecular complexity index is 466. The average Bonchev–Trinajstić information content (AvgIpc) is 2.90. The van der Waals surface area contributed by atoms with Crippen LogP contribution in [0.3, 0.4) is 0 Å². The third kappa shape index (κ3) is 3.51. The van der Waals surface area contributed by atoms with Gasteiger partial charge in [0.1, 0.15) is 5.78 Å². The number of aryl methyl sites for hydroxylation is 1. The molecule has 0 aromatic carbocycles. The fourth-order valence-electron chi connectivity index (χ4n) is 2.48. The van der Waals surface area contributed by atoms with Gasteiger partial charge >= 0.3 is 0 Å². The molecular formula is C15H21NO2S. The van der Waals surface area contributed by atoms with Gasteiger partial charge in [-0.15, -0.1) is 11.3 Å². The van der Waals surface area contributed by atoms with Crippen LogP contribution in [0.25, 0.3) is 0 Å². The van der Waals surface area contributed by atoms with E-state index in [2.05, 4.69) is 11.8 Å². The van der Waals surface area contributed by atoms with Crippen molar-refractivity contribution in [1.29, 1.82) is 0 Å². The van der Waals surface area contributed by atoms with Gasteiger partial charge in [0.25, 0.3) is 0 Å². The molecule has 1 unspecified atom stereocenters. The van der Waals surface area contributed by atoms with E-state index in [9.17, 15) is 9.59 Å². The molecular weight excluding hydrogens is 258 g/mol. The van der Waals surface area contributed by atoms with Crippen LogP contribution in [0.1, 0.15) is 41.2 Å². The largest absolute Gasteiger partial charge is 0.299 e. The van der Waals surface area contributed by atoms with Crippen molar-refractivity contribution in [1.82, 2.24) is 4.90 Å². The molecule has 0 bridgehead atoms. The second-order valence-electron chi connectivity index (χ2n) is 5.10. The van der Waals surface area contributed by atoms with Gasteiger partial charge in [0.05, 0.1) is 11.4 Å². The number of rotatable bonds is 5. The lowest BCUT2D eigenvalue weighted by Gasteiger charge is -2.30. The molecule has 1 aromatic rings. The van der Waals surface area contributed by atoms with Gasteiger partial charge in [-0.2, -0.15) is 0 Å². The van der Waals surface area contributed by atoms with Crippen molar-refractivity contribution in [3.8, 4) is 0 Å². The van der Waals surface area contributed by atoms with E-state index in [1.807, 2.05) is 19.1 Å². The summed E-state index contributed by atoms with van der Waals surface area (Å²) in [5.74, 6) is 0.667. The highest BCUT2D eigenvalue weighted by Gasteiger charge is 2.27. The minimum atomic E-state index is 0.121. The summed E-state index contributed by atoms with van der Waals surface area (Å²) >= 11 is 1.59. The average molecular weight is 279 g/mol. The molecule has 0 saturated carbocycles. The summed E-state index contributed by atoms with van der Waals surface area (Å²) in [4.78, 5) is 28.1. The summed E-state index contributed by atoms with van der Waals surface area (Å²) in [7, 11) is 0. The summed E-state index contributed by atoms with van der Waals surface area (Å²) in [6.45, 7) is 6.07. The molecule has 2 heterocycles. The first-order valence-corrected chi connectivity index (χ1v) is 7.82. The summed E-state index contributed by atoms with van der Waals surface area (Å²) < 4.78 is 0. The fourth-order valence-corrected chi connectivity index (χ4v) is 3.35. The van der Waals surface area contributed by atoms with Crippen molar-refractivity contribution in [2.75, 3.05) is 19.6 Å². The normalized spacial score (nSPS) is 20.7. The summed E-state index contributed by atoms with van der Waals surface area (Å²) in [6, 6.07) is 3.96. The lowest BCUT2D eigenvalue weighted by Crippen LogP contribution is -2.42. The van der Waals surface area contributed by atoms with Crippen LogP contribution < -0.4 is 0 Å². The zero-order valence-corrected chi connectivity index (χ0v) is 12.5. The zero-order chi connectivity index (χ0) is 13.8. The zero-order valence-electron chi connectivity index (χ0n) is 11.6. The summed E-state index contributed by atoms with van der Waals surface area (Å²) in [6.07, 6.45) is 2.45. The summed E-state index contributed by atoms with van der Waals surface area (Å²) in [5, 5.41) is 0. The van der Waals surface area contributed by atoms with E-state index in [4.69, 9.17) is 0 Å². The van der Waals surface area contributed by atoms with Crippen molar-refractivity contribution in [2.45, 2.75) is 33.1 Å². The number of piperidine rings is 1. The Morgan fingerprint density at radius 3 is 2.84 bits per heavy atom. The van der Waals surface area contributed by atoms with E-state index in [1.54, 1.807) is 11.3 Å². The van der Waals surface area contributed by atoms with Gasteiger partial charge in [-0.25, -0.2) is 0 Å². The van der Waals surface area contributed by atoms with Crippen LogP contribution in [0.15, 0.2) is 12.1 Å². The number of hydrogen-bond donors (Lipinski definition) is 0. The quantitative estimate of drug-likeness (QED) is 0.778. The van der Waals surface area contributed by atoms with Crippen LogP contribution in [0.5, 0.6) is 0 Å². The molecule has 1 aliphatic rings. The lowest BCUT2D eigenvalue weighted by atomic mass is 9.94. The first-order chi connectivity index (χ1) is 9.13. The number of ketones is 2. The predicted octanol–water partition coefficient (Wildman–Crippen LogP) is 2.79. The Morgan fingerprint density at radius 1 is 1.42 bits per heavy atom. The van der Waals surface area contributed by atoms with Gasteiger partial charge in [-0.1, -0.05) is 13.8 Å². The van der Waals surface area contributed by atoms with E-state index < -0.39 is 0 Å². The van der Waals surface area contributed by atoms with Crippen LogP contribution in [0.2, 0.25) is 0 Å². The van der Waals surface area contributed by atoms with E-state index in [-0.39, 0.29) is 11.7 Å². The number of carbonyl (C=O) groups is 2. The maximum absolute atomic E-state index is 12.2. The van der Waals surface area contributed by atoms with E-state index >= 15 is 0 Å². The highest BCUT2D eigenvalue weighted by Crippen LogP contribution is 2.20. The summed E-state index contributed by atoms with van der Waals surface area (Å²) in [5.41, 5.74) is 0. The Hall–Kier alpha value is -1.00. The number of Topliss-reactive ketones (excluding diaryl/α,β-unsaturated/α-hetero) is 2. The van der Waals surface area contributed by atoms with Gasteiger partial charge in [-0.3, -0.25) is 14.5 Å². The molecule has 0 radical (unpaired) electrons. The highest BCUT2D eigenvalue weighted by molar-refractivity contribution is 7.14. The van der Waals surface area contributed by atoms with Crippen molar-refractivity contribution in [3.05, 3.63) is 21.9 Å². The molecule has 104 valence electrons. The number of nitrogens with zero attached hydrogens (tertiary/aromatic N) is 1. The molecule has 1 fully saturated rings.